The molecule has 118 valence electrons. The van der Waals surface area contributed by atoms with E-state index in [0.29, 0.717) is 12.3 Å². The summed E-state index contributed by atoms with van der Waals surface area (Å²) < 4.78 is 5.08. The Labute approximate surface area is 133 Å². The fraction of sp³-hybridized carbons (Fsp3) is 0.368. The van der Waals surface area contributed by atoms with Gasteiger partial charge in [0, 0.05) is 12.6 Å². The highest BCUT2D eigenvalue weighted by molar-refractivity contribution is 5.41. The van der Waals surface area contributed by atoms with Gasteiger partial charge in [-0.1, -0.05) is 57.2 Å². The van der Waals surface area contributed by atoms with Gasteiger partial charge in [-0.25, -0.2) is 0 Å². The van der Waals surface area contributed by atoms with Crippen LogP contribution in [0.2, 0.25) is 0 Å². The van der Waals surface area contributed by atoms with Crippen LogP contribution in [0, 0.1) is 5.41 Å². The molecule has 0 radical (unpaired) electrons. The molecular formula is C19H25NO2. The van der Waals surface area contributed by atoms with E-state index in [2.05, 4.69) is 50.4 Å². The minimum absolute atomic E-state index is 0.0931. The van der Waals surface area contributed by atoms with E-state index in [-0.39, 0.29) is 17.2 Å². The predicted molar refractivity (Wildman–Crippen MR) is 90.1 cm³/mol. The fourth-order valence-electron chi connectivity index (χ4n) is 2.63. The summed E-state index contributed by atoms with van der Waals surface area (Å²) in [5, 5.41) is 13.5. The zero-order valence-corrected chi connectivity index (χ0v) is 13.8. The Morgan fingerprint density at radius 2 is 1.77 bits per heavy atom. The van der Waals surface area contributed by atoms with Crippen LogP contribution in [0.4, 0.5) is 0 Å². The second-order valence-electron chi connectivity index (χ2n) is 6.60. The first-order valence-corrected chi connectivity index (χ1v) is 7.56. The molecule has 2 aromatic carbocycles. The largest absolute Gasteiger partial charge is 0.504 e. The molecule has 0 saturated heterocycles. The van der Waals surface area contributed by atoms with Gasteiger partial charge >= 0.3 is 0 Å². The summed E-state index contributed by atoms with van der Waals surface area (Å²) in [5.41, 5.74) is 2.40. The number of phenolic OH excluding ortho intramolecular Hbond substituents is 1. The van der Waals surface area contributed by atoms with Crippen LogP contribution < -0.4 is 10.1 Å². The number of hydrogen-bond acceptors (Lipinski definition) is 3. The Hall–Kier alpha value is -2.00. The number of hydrogen-bond donors (Lipinski definition) is 2. The Morgan fingerprint density at radius 1 is 1.09 bits per heavy atom. The quantitative estimate of drug-likeness (QED) is 0.866. The lowest BCUT2D eigenvalue weighted by molar-refractivity contribution is 0.271. The Bertz CT molecular complexity index is 603. The molecule has 0 aliphatic rings. The molecule has 3 heteroatoms. The van der Waals surface area contributed by atoms with Crippen LogP contribution in [0.1, 0.15) is 37.9 Å². The van der Waals surface area contributed by atoms with E-state index in [1.807, 2.05) is 12.1 Å². The van der Waals surface area contributed by atoms with Crippen molar-refractivity contribution in [1.29, 1.82) is 0 Å². The summed E-state index contributed by atoms with van der Waals surface area (Å²) in [4.78, 5) is 0. The number of benzene rings is 2. The van der Waals surface area contributed by atoms with Crippen LogP contribution in [0.25, 0.3) is 0 Å². The van der Waals surface area contributed by atoms with Crippen molar-refractivity contribution in [3.63, 3.8) is 0 Å². The monoisotopic (exact) mass is 299 g/mol. The lowest BCUT2D eigenvalue weighted by Crippen LogP contribution is -2.32. The molecule has 0 spiro atoms. The van der Waals surface area contributed by atoms with Crippen LogP contribution in [0.3, 0.4) is 0 Å². The van der Waals surface area contributed by atoms with Crippen molar-refractivity contribution in [2.75, 3.05) is 7.11 Å². The smallest absolute Gasteiger partial charge is 0.160 e. The van der Waals surface area contributed by atoms with E-state index in [1.54, 1.807) is 19.2 Å². The average Bonchev–Trinajstić information content (AvgIpc) is 2.47. The third-order valence-electron chi connectivity index (χ3n) is 3.75. The van der Waals surface area contributed by atoms with Crippen molar-refractivity contribution in [1.82, 2.24) is 5.32 Å². The molecular weight excluding hydrogens is 274 g/mol. The molecule has 0 aliphatic carbocycles. The Morgan fingerprint density at radius 3 is 2.32 bits per heavy atom. The topological polar surface area (TPSA) is 41.5 Å². The number of nitrogens with one attached hydrogen (secondary N) is 1. The number of methoxy groups -OCH3 is 1. The summed E-state index contributed by atoms with van der Waals surface area (Å²) in [5.74, 6) is 0.674. The third-order valence-corrected chi connectivity index (χ3v) is 3.75. The van der Waals surface area contributed by atoms with E-state index < -0.39 is 0 Å². The Kier molecular flexibility index (Phi) is 5.09. The molecule has 0 amide bonds. The maximum atomic E-state index is 9.88. The van der Waals surface area contributed by atoms with Crippen molar-refractivity contribution in [3.8, 4) is 11.5 Å². The molecule has 0 aliphatic heterocycles. The number of phenols is 1. The normalized spacial score (nSPS) is 12.9. The summed E-state index contributed by atoms with van der Waals surface area (Å²) >= 11 is 0. The van der Waals surface area contributed by atoms with E-state index >= 15 is 0 Å². The van der Waals surface area contributed by atoms with Crippen molar-refractivity contribution in [2.24, 2.45) is 5.41 Å². The van der Waals surface area contributed by atoms with Gasteiger partial charge in [0.1, 0.15) is 0 Å². The standard InChI is InChI=1S/C19H25NO2/c1-19(2,3)18(15-8-6-5-7-9-15)20-13-14-10-11-17(22-4)16(21)12-14/h5-12,18,20-21H,13H2,1-4H3. The molecule has 0 bridgehead atoms. The van der Waals surface area contributed by atoms with Crippen LogP contribution in [-0.2, 0) is 6.54 Å². The Balaban J connectivity index is 2.14. The van der Waals surface area contributed by atoms with Gasteiger partial charge in [-0.3, -0.25) is 0 Å². The lowest BCUT2D eigenvalue weighted by atomic mass is 9.82. The van der Waals surface area contributed by atoms with Crippen LogP contribution in [-0.4, -0.2) is 12.2 Å². The minimum Gasteiger partial charge on any atom is -0.504 e. The van der Waals surface area contributed by atoms with Crippen molar-refractivity contribution < 1.29 is 9.84 Å². The summed E-state index contributed by atoms with van der Waals surface area (Å²) in [6, 6.07) is 16.2. The third kappa shape index (κ3) is 4.01. The molecule has 2 N–H and O–H groups in total. The molecule has 22 heavy (non-hydrogen) atoms. The molecule has 0 aromatic heterocycles. The summed E-state index contributed by atoms with van der Waals surface area (Å²) in [6.07, 6.45) is 0. The van der Waals surface area contributed by atoms with Crippen molar-refractivity contribution in [2.45, 2.75) is 33.4 Å². The van der Waals surface area contributed by atoms with E-state index in [1.165, 1.54) is 5.56 Å². The second-order valence-corrected chi connectivity index (χ2v) is 6.60. The van der Waals surface area contributed by atoms with Gasteiger partial charge in [-0.05, 0) is 28.7 Å². The van der Waals surface area contributed by atoms with E-state index in [4.69, 9.17) is 4.74 Å². The summed E-state index contributed by atoms with van der Waals surface area (Å²) in [6.45, 7) is 7.36. The number of aromatic hydroxyl groups is 1. The molecule has 1 atom stereocenters. The molecule has 0 saturated carbocycles. The maximum absolute atomic E-state index is 9.88. The zero-order chi connectivity index (χ0) is 16.2. The first kappa shape index (κ1) is 16.4. The van der Waals surface area contributed by atoms with E-state index in [0.717, 1.165) is 5.56 Å². The highest BCUT2D eigenvalue weighted by Crippen LogP contribution is 2.33. The first-order valence-electron chi connectivity index (χ1n) is 7.56. The van der Waals surface area contributed by atoms with Gasteiger partial charge < -0.3 is 15.2 Å². The minimum atomic E-state index is 0.0931. The van der Waals surface area contributed by atoms with Gasteiger partial charge in [-0.2, -0.15) is 0 Å². The molecule has 0 heterocycles. The molecule has 2 rings (SSSR count). The van der Waals surface area contributed by atoms with Crippen LogP contribution >= 0.6 is 0 Å². The average molecular weight is 299 g/mol. The predicted octanol–water partition coefficient (Wildman–Crippen LogP) is 4.28. The van der Waals surface area contributed by atoms with E-state index in [9.17, 15) is 5.11 Å². The van der Waals surface area contributed by atoms with Gasteiger partial charge in [0.2, 0.25) is 0 Å². The van der Waals surface area contributed by atoms with Crippen molar-refractivity contribution in [3.05, 3.63) is 59.7 Å². The van der Waals surface area contributed by atoms with Gasteiger partial charge in [0.25, 0.3) is 0 Å². The molecule has 2 aromatic rings. The molecule has 1 unspecified atom stereocenters. The highest BCUT2D eigenvalue weighted by atomic mass is 16.5. The van der Waals surface area contributed by atoms with Crippen molar-refractivity contribution >= 4 is 0 Å². The number of rotatable bonds is 5. The number of ether oxygens (including phenoxy) is 1. The molecule has 0 fully saturated rings. The fourth-order valence-corrected chi connectivity index (χ4v) is 2.63. The lowest BCUT2D eigenvalue weighted by Gasteiger charge is -2.32. The van der Waals surface area contributed by atoms with Crippen LogP contribution in [0.5, 0.6) is 11.5 Å². The first-order chi connectivity index (χ1) is 10.4. The second kappa shape index (κ2) is 6.84. The van der Waals surface area contributed by atoms with Gasteiger partial charge in [0.05, 0.1) is 7.11 Å². The van der Waals surface area contributed by atoms with Gasteiger partial charge in [0.15, 0.2) is 11.5 Å². The maximum Gasteiger partial charge on any atom is 0.160 e. The zero-order valence-electron chi connectivity index (χ0n) is 13.8. The SMILES string of the molecule is COc1ccc(CNC(c2ccccc2)C(C)(C)C)cc1O. The highest BCUT2D eigenvalue weighted by Gasteiger charge is 2.25. The molecule has 3 nitrogen and oxygen atoms in total. The summed E-state index contributed by atoms with van der Waals surface area (Å²) in [7, 11) is 1.55. The van der Waals surface area contributed by atoms with Gasteiger partial charge in [-0.15, -0.1) is 0 Å². The van der Waals surface area contributed by atoms with Crippen LogP contribution in [0.15, 0.2) is 48.5 Å².